The van der Waals surface area contributed by atoms with E-state index in [1.807, 2.05) is 13.8 Å². The van der Waals surface area contributed by atoms with Gasteiger partial charge in [0.1, 0.15) is 5.69 Å². The minimum absolute atomic E-state index is 0.0399. The lowest BCUT2D eigenvalue weighted by molar-refractivity contribution is -0.384. The van der Waals surface area contributed by atoms with Crippen LogP contribution in [0.3, 0.4) is 0 Å². The van der Waals surface area contributed by atoms with Crippen LogP contribution >= 0.6 is 0 Å². The zero-order chi connectivity index (χ0) is 15.6. The van der Waals surface area contributed by atoms with E-state index in [2.05, 4.69) is 4.90 Å². The second kappa shape index (κ2) is 5.97. The lowest BCUT2D eigenvalue weighted by atomic mass is 10.0. The van der Waals surface area contributed by atoms with Crippen LogP contribution in [0.5, 0.6) is 0 Å². The molecule has 0 radical (unpaired) electrons. The number of ether oxygens (including phenoxy) is 1. The fourth-order valence-electron chi connectivity index (χ4n) is 2.74. The summed E-state index contributed by atoms with van der Waals surface area (Å²) in [6, 6.07) is 4.85. The van der Waals surface area contributed by atoms with Crippen molar-refractivity contribution in [3.63, 3.8) is 0 Å². The van der Waals surface area contributed by atoms with Gasteiger partial charge in [-0.1, -0.05) is 6.07 Å². The summed E-state index contributed by atoms with van der Waals surface area (Å²) < 4.78 is 5.75. The Morgan fingerprint density at radius 1 is 1.57 bits per heavy atom. The fourth-order valence-corrected chi connectivity index (χ4v) is 2.74. The third-order valence-corrected chi connectivity index (χ3v) is 3.45. The number of nitrogens with zero attached hydrogens (tertiary/aromatic N) is 2. The second-order valence-electron chi connectivity index (χ2n) is 6.00. The van der Waals surface area contributed by atoms with E-state index in [1.165, 1.54) is 6.07 Å². The molecule has 1 unspecified atom stereocenters. The lowest BCUT2D eigenvalue weighted by Gasteiger charge is -2.42. The molecule has 7 nitrogen and oxygen atoms in total. The Kier molecular flexibility index (Phi) is 4.46. The van der Waals surface area contributed by atoms with Crippen molar-refractivity contribution >= 4 is 11.4 Å². The van der Waals surface area contributed by atoms with Crippen LogP contribution in [-0.2, 0) is 11.3 Å². The van der Waals surface area contributed by atoms with Crippen LogP contribution in [0, 0.1) is 10.1 Å². The molecule has 1 saturated heterocycles. The summed E-state index contributed by atoms with van der Waals surface area (Å²) in [5.41, 5.74) is 6.17. The van der Waals surface area contributed by atoms with Gasteiger partial charge in [0.15, 0.2) is 0 Å². The standard InChI is InChI=1S/C14H21N3O4/c1-14(2)9-16(7-11(8-18)21-14)6-10-3-4-12(15)13(5-10)17(19)20/h3-5,11,18H,6-9,15H2,1-2H3. The number of nitro benzene ring substituents is 1. The van der Waals surface area contributed by atoms with Crippen molar-refractivity contribution in [2.45, 2.75) is 32.1 Å². The smallest absolute Gasteiger partial charge is 0.292 e. The molecular formula is C14H21N3O4. The summed E-state index contributed by atoms with van der Waals surface area (Å²) in [5.74, 6) is 0. The average Bonchev–Trinajstić information content (AvgIpc) is 2.38. The first-order valence-corrected chi connectivity index (χ1v) is 6.84. The van der Waals surface area contributed by atoms with Crippen LogP contribution in [0.1, 0.15) is 19.4 Å². The summed E-state index contributed by atoms with van der Waals surface area (Å²) in [4.78, 5) is 12.6. The van der Waals surface area contributed by atoms with Gasteiger partial charge >= 0.3 is 0 Å². The van der Waals surface area contributed by atoms with E-state index in [-0.39, 0.29) is 29.7 Å². The quantitative estimate of drug-likeness (QED) is 0.491. The summed E-state index contributed by atoms with van der Waals surface area (Å²) in [6.45, 7) is 5.74. The first-order valence-electron chi connectivity index (χ1n) is 6.84. The number of hydrogen-bond acceptors (Lipinski definition) is 6. The van der Waals surface area contributed by atoms with Gasteiger partial charge in [-0.15, -0.1) is 0 Å². The monoisotopic (exact) mass is 295 g/mol. The molecule has 21 heavy (non-hydrogen) atoms. The Morgan fingerprint density at radius 2 is 2.29 bits per heavy atom. The number of hydrogen-bond donors (Lipinski definition) is 2. The molecule has 1 heterocycles. The molecule has 0 aromatic heterocycles. The van der Waals surface area contributed by atoms with Crippen molar-refractivity contribution in [3.05, 3.63) is 33.9 Å². The van der Waals surface area contributed by atoms with Crippen LogP contribution in [0.2, 0.25) is 0 Å². The van der Waals surface area contributed by atoms with Crippen molar-refractivity contribution in [2.24, 2.45) is 0 Å². The third-order valence-electron chi connectivity index (χ3n) is 3.45. The zero-order valence-electron chi connectivity index (χ0n) is 12.3. The second-order valence-corrected chi connectivity index (χ2v) is 6.00. The summed E-state index contributed by atoms with van der Waals surface area (Å²) in [7, 11) is 0. The van der Waals surface area contributed by atoms with Gasteiger partial charge in [0, 0.05) is 25.7 Å². The maximum Gasteiger partial charge on any atom is 0.292 e. The Balaban J connectivity index is 2.14. The molecule has 0 aliphatic carbocycles. The fraction of sp³-hybridized carbons (Fsp3) is 0.571. The third kappa shape index (κ3) is 3.90. The summed E-state index contributed by atoms with van der Waals surface area (Å²) in [5, 5.41) is 20.2. The molecular weight excluding hydrogens is 274 g/mol. The van der Waals surface area contributed by atoms with Crippen molar-refractivity contribution in [1.29, 1.82) is 0 Å². The predicted molar refractivity (Wildman–Crippen MR) is 78.8 cm³/mol. The SMILES string of the molecule is CC1(C)CN(Cc2ccc(N)c([N+](=O)[O-])c2)CC(CO)O1. The van der Waals surface area contributed by atoms with Gasteiger partial charge in [-0.25, -0.2) is 0 Å². The van der Waals surface area contributed by atoms with Crippen molar-refractivity contribution in [3.8, 4) is 0 Å². The number of rotatable bonds is 4. The van der Waals surface area contributed by atoms with Gasteiger partial charge in [0.05, 0.1) is 23.2 Å². The summed E-state index contributed by atoms with van der Waals surface area (Å²) in [6.07, 6.45) is -0.238. The van der Waals surface area contributed by atoms with E-state index in [4.69, 9.17) is 10.5 Å². The molecule has 1 aromatic carbocycles. The van der Waals surface area contributed by atoms with E-state index >= 15 is 0 Å². The largest absolute Gasteiger partial charge is 0.394 e. The molecule has 0 spiro atoms. The molecule has 1 atom stereocenters. The minimum Gasteiger partial charge on any atom is -0.394 e. The van der Waals surface area contributed by atoms with Gasteiger partial charge in [-0.05, 0) is 25.5 Å². The van der Waals surface area contributed by atoms with E-state index in [9.17, 15) is 15.2 Å². The molecule has 7 heteroatoms. The van der Waals surface area contributed by atoms with Crippen LogP contribution in [0.4, 0.5) is 11.4 Å². The highest BCUT2D eigenvalue weighted by Gasteiger charge is 2.33. The van der Waals surface area contributed by atoms with Gasteiger partial charge in [-0.3, -0.25) is 15.0 Å². The highest BCUT2D eigenvalue weighted by Crippen LogP contribution is 2.26. The molecule has 1 aliphatic rings. The molecule has 116 valence electrons. The Labute approximate surface area is 123 Å². The van der Waals surface area contributed by atoms with Crippen LogP contribution in [0.15, 0.2) is 18.2 Å². The number of anilines is 1. The lowest BCUT2D eigenvalue weighted by Crippen LogP contribution is -2.53. The van der Waals surface area contributed by atoms with Gasteiger partial charge < -0.3 is 15.6 Å². The Hall–Kier alpha value is -1.70. The highest BCUT2D eigenvalue weighted by atomic mass is 16.6. The van der Waals surface area contributed by atoms with Crippen molar-refractivity contribution < 1.29 is 14.8 Å². The number of benzene rings is 1. The molecule has 3 N–H and O–H groups in total. The highest BCUT2D eigenvalue weighted by molar-refractivity contribution is 5.59. The first-order chi connectivity index (χ1) is 9.80. The van der Waals surface area contributed by atoms with Crippen LogP contribution in [-0.4, -0.2) is 46.3 Å². The van der Waals surface area contributed by atoms with Crippen molar-refractivity contribution in [2.75, 3.05) is 25.4 Å². The molecule has 0 amide bonds. The Morgan fingerprint density at radius 3 is 2.90 bits per heavy atom. The van der Waals surface area contributed by atoms with Gasteiger partial charge in [0.2, 0.25) is 0 Å². The van der Waals surface area contributed by atoms with Crippen LogP contribution < -0.4 is 5.73 Å². The van der Waals surface area contributed by atoms with E-state index in [0.717, 1.165) is 5.56 Å². The summed E-state index contributed by atoms with van der Waals surface area (Å²) >= 11 is 0. The van der Waals surface area contributed by atoms with Gasteiger partial charge in [0.25, 0.3) is 5.69 Å². The number of nitrogen functional groups attached to an aromatic ring is 1. The number of nitro groups is 1. The molecule has 1 aliphatic heterocycles. The van der Waals surface area contributed by atoms with Crippen molar-refractivity contribution in [1.82, 2.24) is 4.90 Å². The Bertz CT molecular complexity index is 533. The molecule has 1 fully saturated rings. The zero-order valence-corrected chi connectivity index (χ0v) is 12.3. The van der Waals surface area contributed by atoms with Gasteiger partial charge in [-0.2, -0.15) is 0 Å². The normalized spacial score (nSPS) is 22.1. The van der Waals surface area contributed by atoms with E-state index in [0.29, 0.717) is 19.6 Å². The maximum atomic E-state index is 10.9. The molecule has 1 aromatic rings. The number of morpholine rings is 1. The molecule has 0 bridgehead atoms. The number of nitrogens with two attached hydrogens (primary N) is 1. The minimum atomic E-state index is -0.474. The van der Waals surface area contributed by atoms with E-state index in [1.54, 1.807) is 12.1 Å². The van der Waals surface area contributed by atoms with E-state index < -0.39 is 4.92 Å². The molecule has 0 saturated carbocycles. The number of aliphatic hydroxyl groups excluding tert-OH is 1. The predicted octanol–water partition coefficient (Wildman–Crippen LogP) is 1.15. The number of aliphatic hydroxyl groups is 1. The van der Waals surface area contributed by atoms with Crippen LogP contribution in [0.25, 0.3) is 0 Å². The average molecular weight is 295 g/mol. The maximum absolute atomic E-state index is 10.9. The molecule has 2 rings (SSSR count). The topological polar surface area (TPSA) is 102 Å². The first kappa shape index (κ1) is 15.7.